The first-order valence-electron chi connectivity index (χ1n) is 25.0. The summed E-state index contributed by atoms with van der Waals surface area (Å²) < 4.78 is 41.5. The SMILES string of the molecule is COc1ccc(C(=O)OC2C(OC3C(O)COC(O[C@H]4CC5[C@@H]6CC=C7C[C@@H](OC(=O)NCCCCCCN)CC[C@]7(C)C6CC[C@]5(C)C4CC(=O)CCC(C)C)C3O)OCC(O)C2O)cc1. The molecule has 1 aromatic rings. The van der Waals surface area contributed by atoms with Crippen molar-refractivity contribution >= 4 is 17.8 Å². The molecule has 7 N–H and O–H groups in total. The minimum Gasteiger partial charge on any atom is -0.497 e. The topological polar surface area (TPSA) is 235 Å². The number of methoxy groups -OCH3 is 1. The van der Waals surface area contributed by atoms with Crippen LogP contribution in [-0.4, -0.2) is 133 Å². The number of hydrogen-bond donors (Lipinski definition) is 6. The van der Waals surface area contributed by atoms with Gasteiger partial charge >= 0.3 is 12.1 Å². The Hall–Kier alpha value is -3.19. The van der Waals surface area contributed by atoms with Crippen molar-refractivity contribution in [3.05, 3.63) is 41.5 Å². The molecular weight excluding hydrogens is 865 g/mol. The van der Waals surface area contributed by atoms with Crippen LogP contribution in [-0.2, 0) is 33.2 Å². The molecule has 3 saturated carbocycles. The number of nitrogens with two attached hydrogens (primary N) is 1. The van der Waals surface area contributed by atoms with Gasteiger partial charge in [0.1, 0.15) is 48.2 Å². The standard InChI is InChI=1S/C51H78N2O14/c1-29(2)10-14-32(54)25-38-41(26-37-35-17-13-31-24-34(64-49(60)53-23-9-7-6-8-22-52)18-20-50(31,3)36(35)19-21-51(37,38)4)65-47-43(58)44(40(56)28-62-47)67-48-45(42(57)39(55)27-63-48)66-46(59)30-11-15-33(61-5)16-12-30/h11-13,15-16,29,34-45,47-48,55-58H,6-10,14,17-28,52H2,1-5H3,(H,53,60)/t34-,35+,36?,37?,38?,39?,40?,41-,42?,43?,44?,45?,47?,48?,50-,51-/m0/s1. The van der Waals surface area contributed by atoms with E-state index in [-0.39, 0.29) is 59.4 Å². The predicted molar refractivity (Wildman–Crippen MR) is 246 cm³/mol. The molecule has 16 nitrogen and oxygen atoms in total. The molecule has 4 aliphatic carbocycles. The molecule has 67 heavy (non-hydrogen) atoms. The number of fused-ring (bicyclic) bond motifs is 5. The summed E-state index contributed by atoms with van der Waals surface area (Å²) in [4.78, 5) is 39.8. The molecule has 0 spiro atoms. The van der Waals surface area contributed by atoms with E-state index in [4.69, 9.17) is 38.9 Å². The molecule has 16 heteroatoms. The average Bonchev–Trinajstić information content (AvgIpc) is 3.58. The van der Waals surface area contributed by atoms with Gasteiger partial charge in [-0.05, 0) is 129 Å². The zero-order chi connectivity index (χ0) is 48.0. The molecule has 5 fully saturated rings. The van der Waals surface area contributed by atoms with Crippen molar-refractivity contribution in [1.29, 1.82) is 0 Å². The minimum absolute atomic E-state index is 0.0416. The van der Waals surface area contributed by atoms with Gasteiger partial charge in [-0.3, -0.25) is 4.79 Å². The molecule has 0 radical (unpaired) electrons. The largest absolute Gasteiger partial charge is 0.497 e. The van der Waals surface area contributed by atoms with Crippen molar-refractivity contribution in [3.63, 3.8) is 0 Å². The number of esters is 1. The number of hydrogen-bond acceptors (Lipinski definition) is 15. The summed E-state index contributed by atoms with van der Waals surface area (Å²) in [5.41, 5.74) is 6.86. The van der Waals surface area contributed by atoms with Crippen LogP contribution in [0.1, 0.15) is 128 Å². The number of carbonyl (C=O) groups is 3. The Morgan fingerprint density at radius 3 is 2.33 bits per heavy atom. The second kappa shape index (κ2) is 22.7. The normalized spacial score (nSPS) is 38.2. The van der Waals surface area contributed by atoms with Crippen LogP contribution in [0, 0.1) is 40.4 Å². The number of nitrogens with one attached hydrogen (secondary N) is 1. The number of alkyl carbamates (subject to hydrolysis) is 1. The molecule has 1 amide bonds. The highest BCUT2D eigenvalue weighted by Gasteiger charge is 2.62. The van der Waals surface area contributed by atoms with Gasteiger partial charge in [0, 0.05) is 25.8 Å². The lowest BCUT2D eigenvalue weighted by molar-refractivity contribution is -0.339. The maximum absolute atomic E-state index is 13.8. The Morgan fingerprint density at radius 2 is 1.60 bits per heavy atom. The molecule has 1 aromatic carbocycles. The van der Waals surface area contributed by atoms with Crippen molar-refractivity contribution in [1.82, 2.24) is 5.32 Å². The number of rotatable bonds is 19. The predicted octanol–water partition coefficient (Wildman–Crippen LogP) is 5.35. The summed E-state index contributed by atoms with van der Waals surface area (Å²) in [6, 6.07) is 6.14. The Balaban J connectivity index is 1.04. The number of aliphatic hydroxyl groups excluding tert-OH is 4. The second-order valence-corrected chi connectivity index (χ2v) is 21.1. The number of carbonyl (C=O) groups excluding carboxylic acids is 3. The van der Waals surface area contributed by atoms with E-state index < -0.39 is 61.3 Å². The van der Waals surface area contributed by atoms with Crippen LogP contribution < -0.4 is 15.8 Å². The number of aliphatic hydroxyl groups is 4. The summed E-state index contributed by atoms with van der Waals surface area (Å²) in [5.74, 6) is 1.10. The van der Waals surface area contributed by atoms with E-state index in [0.717, 1.165) is 70.6 Å². The molecule has 16 atom stereocenters. The average molecular weight is 943 g/mol. The Labute approximate surface area is 395 Å². The highest BCUT2D eigenvalue weighted by molar-refractivity contribution is 5.89. The van der Waals surface area contributed by atoms with E-state index in [1.807, 2.05) is 0 Å². The van der Waals surface area contributed by atoms with E-state index in [0.29, 0.717) is 55.9 Å². The lowest BCUT2D eigenvalue weighted by Gasteiger charge is -2.58. The van der Waals surface area contributed by atoms with Gasteiger partial charge in [-0.25, -0.2) is 9.59 Å². The molecule has 2 aliphatic heterocycles. The van der Waals surface area contributed by atoms with Crippen LogP contribution in [0.4, 0.5) is 4.79 Å². The Morgan fingerprint density at radius 1 is 0.866 bits per heavy atom. The van der Waals surface area contributed by atoms with Crippen molar-refractivity contribution in [2.45, 2.75) is 179 Å². The van der Waals surface area contributed by atoms with Crippen molar-refractivity contribution in [2.24, 2.45) is 46.2 Å². The van der Waals surface area contributed by atoms with E-state index in [1.165, 1.54) is 24.8 Å². The summed E-state index contributed by atoms with van der Waals surface area (Å²) in [6.45, 7) is 9.61. The molecule has 0 aromatic heterocycles. The van der Waals surface area contributed by atoms with Gasteiger partial charge in [-0.2, -0.15) is 0 Å². The molecule has 11 unspecified atom stereocenters. The van der Waals surface area contributed by atoms with Gasteiger partial charge in [-0.15, -0.1) is 0 Å². The lowest BCUT2D eigenvalue weighted by Crippen LogP contribution is -2.61. The number of allylic oxidation sites excluding steroid dienone is 1. The fourth-order valence-corrected chi connectivity index (χ4v) is 12.5. The van der Waals surface area contributed by atoms with Gasteiger partial charge in [0.2, 0.25) is 0 Å². The van der Waals surface area contributed by atoms with Crippen LogP contribution in [0.5, 0.6) is 5.75 Å². The van der Waals surface area contributed by atoms with Gasteiger partial charge in [0.15, 0.2) is 18.7 Å². The molecule has 2 saturated heterocycles. The van der Waals surface area contributed by atoms with Crippen molar-refractivity contribution < 1.29 is 68.0 Å². The molecule has 376 valence electrons. The van der Waals surface area contributed by atoms with E-state index in [9.17, 15) is 34.8 Å². The number of amides is 1. The number of ether oxygens (including phenoxy) is 7. The fraction of sp³-hybridized carbons (Fsp3) is 0.784. The third-order valence-electron chi connectivity index (χ3n) is 16.4. The highest BCUT2D eigenvalue weighted by atomic mass is 16.7. The first-order chi connectivity index (χ1) is 32.1. The summed E-state index contributed by atoms with van der Waals surface area (Å²) >= 11 is 0. The smallest absolute Gasteiger partial charge is 0.407 e. The first-order valence-corrected chi connectivity index (χ1v) is 25.0. The lowest BCUT2D eigenvalue weighted by atomic mass is 9.47. The Kier molecular flexibility index (Phi) is 17.5. The van der Waals surface area contributed by atoms with Crippen LogP contribution in [0.2, 0.25) is 0 Å². The minimum atomic E-state index is -1.60. The fourth-order valence-electron chi connectivity index (χ4n) is 12.5. The zero-order valence-corrected chi connectivity index (χ0v) is 40.2. The summed E-state index contributed by atoms with van der Waals surface area (Å²) in [6.07, 6.45) is 1.44. The van der Waals surface area contributed by atoms with Crippen molar-refractivity contribution in [3.8, 4) is 5.75 Å². The van der Waals surface area contributed by atoms with Crippen LogP contribution in [0.15, 0.2) is 35.9 Å². The van der Waals surface area contributed by atoms with Gasteiger partial charge in [0.05, 0.1) is 32.0 Å². The molecule has 6 aliphatic rings. The quantitative estimate of drug-likeness (QED) is 0.0583. The molecular formula is C51H78N2O14. The molecule has 2 heterocycles. The Bertz CT molecular complexity index is 1850. The third-order valence-corrected chi connectivity index (χ3v) is 16.4. The number of Topliss-reactive ketones (excluding diaryl/α,β-unsaturated/α-hetero) is 1. The maximum atomic E-state index is 13.8. The summed E-state index contributed by atoms with van der Waals surface area (Å²) in [7, 11) is 1.50. The zero-order valence-electron chi connectivity index (χ0n) is 40.2. The first kappa shape index (κ1) is 51.7. The molecule has 0 bridgehead atoms. The number of benzene rings is 1. The van der Waals surface area contributed by atoms with Crippen LogP contribution in [0.3, 0.4) is 0 Å². The number of ketones is 1. The van der Waals surface area contributed by atoms with Crippen LogP contribution in [0.25, 0.3) is 0 Å². The van der Waals surface area contributed by atoms with E-state index in [2.05, 4.69) is 39.1 Å². The van der Waals surface area contributed by atoms with Gasteiger partial charge in [0.25, 0.3) is 0 Å². The summed E-state index contributed by atoms with van der Waals surface area (Å²) in [5, 5.41) is 47.5. The maximum Gasteiger partial charge on any atom is 0.407 e. The van der Waals surface area contributed by atoms with Crippen molar-refractivity contribution in [2.75, 3.05) is 33.4 Å². The monoisotopic (exact) mass is 943 g/mol. The van der Waals surface area contributed by atoms with E-state index >= 15 is 0 Å². The highest BCUT2D eigenvalue weighted by Crippen LogP contribution is 2.67. The van der Waals surface area contributed by atoms with E-state index in [1.54, 1.807) is 12.1 Å². The van der Waals surface area contributed by atoms with Gasteiger partial charge < -0.3 is 64.6 Å². The molecule has 7 rings (SSSR count). The number of unbranched alkanes of at least 4 members (excludes halogenated alkanes) is 3. The second-order valence-electron chi connectivity index (χ2n) is 21.1. The third kappa shape index (κ3) is 11.7. The van der Waals surface area contributed by atoms with Gasteiger partial charge in [-0.1, -0.05) is 52.2 Å². The van der Waals surface area contributed by atoms with Crippen LogP contribution >= 0.6 is 0 Å².